The van der Waals surface area contributed by atoms with Crippen molar-refractivity contribution in [2.75, 3.05) is 13.2 Å². The summed E-state index contributed by atoms with van der Waals surface area (Å²) in [5.41, 5.74) is 3.31. The molecule has 8 nitrogen and oxygen atoms in total. The zero-order chi connectivity index (χ0) is 20.7. The van der Waals surface area contributed by atoms with Gasteiger partial charge in [0.15, 0.2) is 0 Å². The summed E-state index contributed by atoms with van der Waals surface area (Å²) in [6.07, 6.45) is -3.91. The molecule has 0 aliphatic carbocycles. The SMILES string of the molecule is CC(C)(C)OC(=O)N1CCCC[C@@H]1C(=O)NNC(=O)OC/C=C/C(F)(F)F. The third-order valence-electron chi connectivity index (χ3n) is 3.34. The summed E-state index contributed by atoms with van der Waals surface area (Å²) in [5, 5.41) is 0. The maximum Gasteiger partial charge on any atom is 0.426 e. The zero-order valence-corrected chi connectivity index (χ0v) is 15.4. The Labute approximate surface area is 155 Å². The first-order valence-electron chi connectivity index (χ1n) is 8.36. The molecular weight excluding hydrogens is 371 g/mol. The Bertz CT molecular complexity index is 573. The molecule has 0 spiro atoms. The van der Waals surface area contributed by atoms with Gasteiger partial charge in [-0.3, -0.25) is 15.1 Å². The van der Waals surface area contributed by atoms with Gasteiger partial charge in [-0.1, -0.05) is 0 Å². The largest absolute Gasteiger partial charge is 0.444 e. The number of carbonyl (C=O) groups excluding carboxylic acids is 3. The Kier molecular flexibility index (Phi) is 7.92. The third-order valence-corrected chi connectivity index (χ3v) is 3.34. The van der Waals surface area contributed by atoms with Crippen LogP contribution >= 0.6 is 0 Å². The third kappa shape index (κ3) is 9.15. The number of hydrazine groups is 1. The van der Waals surface area contributed by atoms with Crippen LogP contribution in [-0.4, -0.2) is 54.0 Å². The number of hydrogen-bond acceptors (Lipinski definition) is 5. The second kappa shape index (κ2) is 9.47. The first-order chi connectivity index (χ1) is 12.4. The number of likely N-dealkylation sites (tertiary alicyclic amines) is 1. The highest BCUT2D eigenvalue weighted by Gasteiger charge is 2.35. The van der Waals surface area contributed by atoms with Crippen LogP contribution in [0.15, 0.2) is 12.2 Å². The first-order valence-corrected chi connectivity index (χ1v) is 8.36. The molecule has 0 bridgehead atoms. The number of nitrogens with zero attached hydrogens (tertiary/aromatic N) is 1. The summed E-state index contributed by atoms with van der Waals surface area (Å²) >= 11 is 0. The predicted molar refractivity (Wildman–Crippen MR) is 88.4 cm³/mol. The molecule has 1 rings (SSSR count). The molecule has 0 saturated carbocycles. The molecular formula is C16H24F3N3O5. The Morgan fingerprint density at radius 2 is 1.81 bits per heavy atom. The van der Waals surface area contributed by atoms with E-state index in [2.05, 4.69) is 10.2 Å². The summed E-state index contributed by atoms with van der Waals surface area (Å²) in [4.78, 5) is 37.2. The average Bonchev–Trinajstić information content (AvgIpc) is 2.54. The topological polar surface area (TPSA) is 97.0 Å². The Hall–Kier alpha value is -2.46. The highest BCUT2D eigenvalue weighted by Crippen LogP contribution is 2.20. The van der Waals surface area contributed by atoms with E-state index in [1.165, 1.54) is 4.90 Å². The van der Waals surface area contributed by atoms with E-state index in [9.17, 15) is 27.6 Å². The number of rotatable bonds is 3. The minimum absolute atomic E-state index is 0.0698. The van der Waals surface area contributed by atoms with Gasteiger partial charge < -0.3 is 9.47 Å². The molecule has 1 heterocycles. The van der Waals surface area contributed by atoms with Crippen molar-refractivity contribution in [1.82, 2.24) is 15.8 Å². The lowest BCUT2D eigenvalue weighted by molar-refractivity contribution is -0.128. The van der Waals surface area contributed by atoms with Gasteiger partial charge in [-0.2, -0.15) is 13.2 Å². The van der Waals surface area contributed by atoms with E-state index in [4.69, 9.17) is 4.74 Å². The fraction of sp³-hybridized carbons (Fsp3) is 0.688. The van der Waals surface area contributed by atoms with Gasteiger partial charge >= 0.3 is 18.4 Å². The number of alkyl halides is 3. The van der Waals surface area contributed by atoms with Gasteiger partial charge in [0.05, 0.1) is 0 Å². The van der Waals surface area contributed by atoms with E-state index in [1.54, 1.807) is 20.8 Å². The van der Waals surface area contributed by atoms with Gasteiger partial charge in [0.25, 0.3) is 5.91 Å². The summed E-state index contributed by atoms with van der Waals surface area (Å²) in [7, 11) is 0. The first kappa shape index (κ1) is 22.6. The lowest BCUT2D eigenvalue weighted by Crippen LogP contribution is -2.56. The number of piperidine rings is 1. The Morgan fingerprint density at radius 1 is 1.15 bits per heavy atom. The second-order valence-corrected chi connectivity index (χ2v) is 6.84. The molecule has 1 saturated heterocycles. The highest BCUT2D eigenvalue weighted by molar-refractivity contribution is 5.87. The summed E-state index contributed by atoms with van der Waals surface area (Å²) in [6, 6.07) is -0.834. The van der Waals surface area contributed by atoms with Crippen LogP contribution in [-0.2, 0) is 14.3 Å². The van der Waals surface area contributed by atoms with Crippen LogP contribution in [0.4, 0.5) is 22.8 Å². The molecule has 154 valence electrons. The van der Waals surface area contributed by atoms with Gasteiger partial charge in [-0.25, -0.2) is 15.0 Å². The monoisotopic (exact) mass is 395 g/mol. The van der Waals surface area contributed by atoms with Crippen LogP contribution < -0.4 is 10.9 Å². The van der Waals surface area contributed by atoms with Crippen molar-refractivity contribution in [2.24, 2.45) is 0 Å². The lowest BCUT2D eigenvalue weighted by Gasteiger charge is -2.35. The Balaban J connectivity index is 2.50. The molecule has 0 aromatic rings. The van der Waals surface area contributed by atoms with Gasteiger partial charge in [0, 0.05) is 12.6 Å². The number of amides is 3. The second-order valence-electron chi connectivity index (χ2n) is 6.84. The van der Waals surface area contributed by atoms with Crippen molar-refractivity contribution < 1.29 is 37.0 Å². The molecule has 3 amide bonds. The molecule has 0 unspecified atom stereocenters. The van der Waals surface area contributed by atoms with E-state index < -0.39 is 42.5 Å². The molecule has 1 atom stereocenters. The lowest BCUT2D eigenvalue weighted by atomic mass is 10.0. The molecule has 0 aromatic carbocycles. The van der Waals surface area contributed by atoms with E-state index in [0.717, 1.165) is 0 Å². The van der Waals surface area contributed by atoms with Crippen molar-refractivity contribution in [3.63, 3.8) is 0 Å². The van der Waals surface area contributed by atoms with Crippen LogP contribution in [0.25, 0.3) is 0 Å². The van der Waals surface area contributed by atoms with E-state index in [1.807, 2.05) is 5.43 Å². The smallest absolute Gasteiger partial charge is 0.426 e. The van der Waals surface area contributed by atoms with Crippen molar-refractivity contribution in [2.45, 2.75) is 57.9 Å². The Morgan fingerprint density at radius 3 is 2.41 bits per heavy atom. The molecule has 1 aliphatic heterocycles. The predicted octanol–water partition coefficient (Wildman–Crippen LogP) is 2.65. The molecule has 1 fully saturated rings. The van der Waals surface area contributed by atoms with Crippen LogP contribution in [0.3, 0.4) is 0 Å². The average molecular weight is 395 g/mol. The van der Waals surface area contributed by atoms with E-state index >= 15 is 0 Å². The highest BCUT2D eigenvalue weighted by atomic mass is 19.4. The van der Waals surface area contributed by atoms with Gasteiger partial charge in [-0.05, 0) is 46.1 Å². The van der Waals surface area contributed by atoms with Crippen molar-refractivity contribution in [3.8, 4) is 0 Å². The molecule has 2 N–H and O–H groups in total. The maximum atomic E-state index is 12.3. The van der Waals surface area contributed by atoms with Crippen LogP contribution in [0.1, 0.15) is 40.0 Å². The summed E-state index contributed by atoms with van der Waals surface area (Å²) in [5.74, 6) is -0.650. The van der Waals surface area contributed by atoms with Crippen LogP contribution in [0, 0.1) is 0 Å². The van der Waals surface area contributed by atoms with Crippen molar-refractivity contribution >= 4 is 18.1 Å². The van der Waals surface area contributed by atoms with E-state index in [-0.39, 0.29) is 6.08 Å². The number of carbonyl (C=O) groups is 3. The standard InChI is InChI=1S/C16H24F3N3O5/c1-15(2,3)27-14(25)22-9-5-4-7-11(22)12(23)20-21-13(24)26-10-6-8-16(17,18)19/h6,8,11H,4-5,7,9-10H2,1-3H3,(H,20,23)(H,21,24)/b8-6+/t11-/m1/s1. The van der Waals surface area contributed by atoms with Crippen LogP contribution in [0.2, 0.25) is 0 Å². The number of hydrogen-bond donors (Lipinski definition) is 2. The minimum Gasteiger partial charge on any atom is -0.444 e. The number of halogens is 3. The number of allylic oxidation sites excluding steroid dienone is 1. The number of ether oxygens (including phenoxy) is 2. The summed E-state index contributed by atoms with van der Waals surface area (Å²) in [6.45, 7) is 4.83. The molecule has 0 radical (unpaired) electrons. The zero-order valence-electron chi connectivity index (χ0n) is 15.4. The van der Waals surface area contributed by atoms with Gasteiger partial charge in [0.1, 0.15) is 18.2 Å². The summed E-state index contributed by atoms with van der Waals surface area (Å²) < 4.78 is 45.4. The molecule has 11 heteroatoms. The molecule has 1 aliphatic rings. The molecule has 27 heavy (non-hydrogen) atoms. The van der Waals surface area contributed by atoms with Crippen molar-refractivity contribution in [1.29, 1.82) is 0 Å². The van der Waals surface area contributed by atoms with Gasteiger partial charge in [-0.15, -0.1) is 0 Å². The minimum atomic E-state index is -4.50. The quantitative estimate of drug-likeness (QED) is 0.566. The normalized spacial score (nSPS) is 18.1. The van der Waals surface area contributed by atoms with E-state index in [0.29, 0.717) is 31.9 Å². The fourth-order valence-corrected chi connectivity index (χ4v) is 2.28. The maximum absolute atomic E-state index is 12.3. The van der Waals surface area contributed by atoms with Crippen LogP contribution in [0.5, 0.6) is 0 Å². The van der Waals surface area contributed by atoms with Gasteiger partial charge in [0.2, 0.25) is 0 Å². The number of nitrogens with one attached hydrogen (secondary N) is 2. The fourth-order valence-electron chi connectivity index (χ4n) is 2.28. The molecule has 0 aromatic heterocycles. The van der Waals surface area contributed by atoms with Crippen molar-refractivity contribution in [3.05, 3.63) is 12.2 Å².